The highest BCUT2D eigenvalue weighted by Gasteiger charge is 2.29. The van der Waals surface area contributed by atoms with Gasteiger partial charge < -0.3 is 0 Å². The number of benzene rings is 3. The first-order valence-corrected chi connectivity index (χ1v) is 10.0. The van der Waals surface area contributed by atoms with E-state index >= 15 is 0 Å². The fraction of sp³-hybridized carbons (Fsp3) is 0.182. The maximum absolute atomic E-state index is 13.2. The Kier molecular flexibility index (Phi) is 4.99. The first-order chi connectivity index (χ1) is 12.3. The van der Waals surface area contributed by atoms with Crippen LogP contribution >= 0.6 is 0 Å². The molecule has 3 rings (SSSR count). The summed E-state index contributed by atoms with van der Waals surface area (Å²) in [6.07, 6.45) is 0. The van der Waals surface area contributed by atoms with Crippen molar-refractivity contribution in [2.45, 2.75) is 31.2 Å². The van der Waals surface area contributed by atoms with E-state index in [0.29, 0.717) is 10.5 Å². The van der Waals surface area contributed by atoms with Gasteiger partial charge in [0.05, 0.1) is 10.4 Å². The maximum Gasteiger partial charge on any atom is 0.241 e. The average molecular weight is 365 g/mol. The van der Waals surface area contributed by atoms with Crippen LogP contribution in [-0.4, -0.2) is 8.42 Å². The molecule has 0 spiro atoms. The van der Waals surface area contributed by atoms with Crippen LogP contribution in [0.5, 0.6) is 0 Å². The number of hydrogen-bond donors (Lipinski definition) is 1. The number of sulfonamides is 1. The van der Waals surface area contributed by atoms with Crippen LogP contribution in [0.2, 0.25) is 0 Å². The molecule has 0 aliphatic rings. The molecule has 26 heavy (non-hydrogen) atoms. The van der Waals surface area contributed by atoms with Gasteiger partial charge >= 0.3 is 0 Å². The van der Waals surface area contributed by atoms with Crippen LogP contribution in [0.15, 0.2) is 83.8 Å². The van der Waals surface area contributed by atoms with E-state index in [1.54, 1.807) is 6.07 Å². The van der Waals surface area contributed by atoms with Crippen molar-refractivity contribution in [1.29, 1.82) is 0 Å². The van der Waals surface area contributed by atoms with Crippen LogP contribution in [0, 0.1) is 6.92 Å². The lowest BCUT2D eigenvalue weighted by atomic mass is 9.96. The molecular formula is C22H23NO2S. The van der Waals surface area contributed by atoms with Crippen molar-refractivity contribution in [3.63, 3.8) is 0 Å². The van der Waals surface area contributed by atoms with Crippen LogP contribution in [0.1, 0.15) is 25.0 Å². The van der Waals surface area contributed by atoms with E-state index in [0.717, 1.165) is 16.7 Å². The third-order valence-corrected chi connectivity index (χ3v) is 6.11. The van der Waals surface area contributed by atoms with Gasteiger partial charge in [0.15, 0.2) is 0 Å². The molecule has 0 aromatic heterocycles. The molecule has 0 unspecified atom stereocenters. The number of aryl methyl sites for hydroxylation is 1. The summed E-state index contributed by atoms with van der Waals surface area (Å²) >= 11 is 0. The molecule has 0 bridgehead atoms. The first-order valence-electron chi connectivity index (χ1n) is 8.55. The molecule has 0 radical (unpaired) electrons. The van der Waals surface area contributed by atoms with Gasteiger partial charge in [-0.25, -0.2) is 13.1 Å². The molecule has 0 atom stereocenters. The van der Waals surface area contributed by atoms with Gasteiger partial charge in [-0.2, -0.15) is 0 Å². The van der Waals surface area contributed by atoms with Crippen molar-refractivity contribution in [1.82, 2.24) is 4.72 Å². The van der Waals surface area contributed by atoms with E-state index in [1.165, 1.54) is 0 Å². The Morgan fingerprint density at radius 3 is 2.00 bits per heavy atom. The first kappa shape index (κ1) is 18.4. The lowest BCUT2D eigenvalue weighted by molar-refractivity contribution is 0.472. The molecule has 0 amide bonds. The zero-order valence-corrected chi connectivity index (χ0v) is 16.0. The zero-order valence-electron chi connectivity index (χ0n) is 15.2. The van der Waals surface area contributed by atoms with E-state index in [4.69, 9.17) is 0 Å². The van der Waals surface area contributed by atoms with E-state index in [9.17, 15) is 8.42 Å². The SMILES string of the molecule is Cc1ccc(S(=O)(=O)NC(C)(C)c2ccccc2)c(-c2ccccc2)c1. The Balaban J connectivity index is 2.06. The van der Waals surface area contributed by atoms with Crippen LogP contribution in [0.25, 0.3) is 11.1 Å². The zero-order chi connectivity index (χ0) is 18.8. The topological polar surface area (TPSA) is 46.2 Å². The van der Waals surface area contributed by atoms with Crippen LogP contribution in [0.4, 0.5) is 0 Å². The number of nitrogens with one attached hydrogen (secondary N) is 1. The summed E-state index contributed by atoms with van der Waals surface area (Å²) < 4.78 is 29.3. The standard InChI is InChI=1S/C22H23NO2S/c1-17-14-15-21(20(16-17)18-10-6-4-7-11-18)26(24,25)23-22(2,3)19-12-8-5-9-13-19/h4-16,23H,1-3H3. The molecule has 0 saturated heterocycles. The highest BCUT2D eigenvalue weighted by Crippen LogP contribution is 2.30. The highest BCUT2D eigenvalue weighted by atomic mass is 32.2. The lowest BCUT2D eigenvalue weighted by Gasteiger charge is -2.27. The molecule has 3 aromatic rings. The Bertz CT molecular complexity index is 995. The average Bonchev–Trinajstić information content (AvgIpc) is 2.62. The number of hydrogen-bond acceptors (Lipinski definition) is 2. The van der Waals surface area contributed by atoms with Gasteiger partial charge in [0, 0.05) is 5.56 Å². The third-order valence-electron chi connectivity index (χ3n) is 4.39. The van der Waals surface area contributed by atoms with Gasteiger partial charge in [-0.1, -0.05) is 78.4 Å². The summed E-state index contributed by atoms with van der Waals surface area (Å²) in [7, 11) is -3.71. The Morgan fingerprint density at radius 1 is 0.808 bits per heavy atom. The summed E-state index contributed by atoms with van der Waals surface area (Å²) in [5.74, 6) is 0. The quantitative estimate of drug-likeness (QED) is 0.701. The molecule has 134 valence electrons. The van der Waals surface area contributed by atoms with Crippen molar-refractivity contribution < 1.29 is 8.42 Å². The van der Waals surface area contributed by atoms with Gasteiger partial charge in [-0.15, -0.1) is 0 Å². The van der Waals surface area contributed by atoms with E-state index in [1.807, 2.05) is 93.6 Å². The van der Waals surface area contributed by atoms with Crippen LogP contribution in [0.3, 0.4) is 0 Å². The minimum atomic E-state index is -3.71. The van der Waals surface area contributed by atoms with Crippen molar-refractivity contribution in [2.75, 3.05) is 0 Å². The monoisotopic (exact) mass is 365 g/mol. The normalized spacial score (nSPS) is 12.1. The Hall–Kier alpha value is -2.43. The minimum Gasteiger partial charge on any atom is -0.207 e. The van der Waals surface area contributed by atoms with Gasteiger partial charge in [0.25, 0.3) is 0 Å². The fourth-order valence-electron chi connectivity index (χ4n) is 3.03. The van der Waals surface area contributed by atoms with Crippen molar-refractivity contribution in [3.05, 3.63) is 90.0 Å². The Labute approximate surface area is 155 Å². The van der Waals surface area contributed by atoms with Crippen molar-refractivity contribution in [3.8, 4) is 11.1 Å². The van der Waals surface area contributed by atoms with Crippen molar-refractivity contribution >= 4 is 10.0 Å². The van der Waals surface area contributed by atoms with Crippen LogP contribution < -0.4 is 4.72 Å². The Morgan fingerprint density at radius 2 is 1.38 bits per heavy atom. The highest BCUT2D eigenvalue weighted by molar-refractivity contribution is 7.89. The smallest absolute Gasteiger partial charge is 0.207 e. The number of rotatable bonds is 5. The van der Waals surface area contributed by atoms with E-state index in [2.05, 4.69) is 4.72 Å². The molecule has 0 heterocycles. The molecule has 4 heteroatoms. The van der Waals surface area contributed by atoms with E-state index in [-0.39, 0.29) is 0 Å². The van der Waals surface area contributed by atoms with Crippen molar-refractivity contribution in [2.24, 2.45) is 0 Å². The second-order valence-corrected chi connectivity index (χ2v) is 8.61. The second kappa shape index (κ2) is 7.06. The van der Waals surface area contributed by atoms with E-state index < -0.39 is 15.6 Å². The largest absolute Gasteiger partial charge is 0.241 e. The molecule has 3 aromatic carbocycles. The molecule has 0 saturated carbocycles. The fourth-order valence-corrected chi connectivity index (χ4v) is 4.64. The molecule has 0 fully saturated rings. The third kappa shape index (κ3) is 3.87. The lowest BCUT2D eigenvalue weighted by Crippen LogP contribution is -2.41. The minimum absolute atomic E-state index is 0.290. The predicted octanol–water partition coefficient (Wildman–Crippen LogP) is 4.88. The van der Waals surface area contributed by atoms with Gasteiger partial charge in [-0.05, 0) is 38.0 Å². The van der Waals surface area contributed by atoms with Crippen LogP contribution in [-0.2, 0) is 15.6 Å². The maximum atomic E-state index is 13.2. The molecular weight excluding hydrogens is 342 g/mol. The summed E-state index contributed by atoms with van der Waals surface area (Å²) in [5, 5.41) is 0. The summed E-state index contributed by atoms with van der Waals surface area (Å²) in [5.41, 5.74) is 2.80. The summed E-state index contributed by atoms with van der Waals surface area (Å²) in [6, 6.07) is 24.6. The van der Waals surface area contributed by atoms with Gasteiger partial charge in [0.1, 0.15) is 0 Å². The summed E-state index contributed by atoms with van der Waals surface area (Å²) in [6.45, 7) is 5.71. The van der Waals surface area contributed by atoms with Gasteiger partial charge in [0.2, 0.25) is 10.0 Å². The molecule has 0 aliphatic heterocycles. The second-order valence-electron chi connectivity index (χ2n) is 6.96. The molecule has 0 aliphatic carbocycles. The molecule has 3 nitrogen and oxygen atoms in total. The predicted molar refractivity (Wildman–Crippen MR) is 106 cm³/mol. The van der Waals surface area contributed by atoms with Gasteiger partial charge in [-0.3, -0.25) is 0 Å². The summed E-state index contributed by atoms with van der Waals surface area (Å²) in [4.78, 5) is 0.290. The molecule has 1 N–H and O–H groups in total.